The van der Waals surface area contributed by atoms with Crippen LogP contribution in [-0.4, -0.2) is 30.7 Å². The number of rotatable bonds is 3. The number of benzene rings is 2. The van der Waals surface area contributed by atoms with Gasteiger partial charge in [-0.15, -0.1) is 0 Å². The Morgan fingerprint density at radius 3 is 2.61 bits per heavy atom. The Labute approximate surface area is 161 Å². The summed E-state index contributed by atoms with van der Waals surface area (Å²) in [5, 5.41) is 0.863. The van der Waals surface area contributed by atoms with Crippen LogP contribution in [0.4, 0.5) is 0 Å². The number of para-hydroxylation sites is 1. The molecule has 2 heterocycles. The molecule has 142 valence electrons. The van der Waals surface area contributed by atoms with Crippen LogP contribution in [0.15, 0.2) is 54.7 Å². The van der Waals surface area contributed by atoms with Crippen LogP contribution < -0.4 is 14.2 Å². The molecule has 6 heteroatoms. The molecule has 0 spiro atoms. The number of carbonyl (C=O) groups excluding carboxylic acids is 2. The third kappa shape index (κ3) is 2.57. The van der Waals surface area contributed by atoms with Gasteiger partial charge in [-0.3, -0.25) is 9.36 Å². The van der Waals surface area contributed by atoms with Crippen LogP contribution in [-0.2, 0) is 4.79 Å². The van der Waals surface area contributed by atoms with Crippen molar-refractivity contribution in [1.29, 1.82) is 0 Å². The Hall–Kier alpha value is -3.54. The van der Waals surface area contributed by atoms with Gasteiger partial charge in [0.25, 0.3) is 0 Å². The van der Waals surface area contributed by atoms with Crippen LogP contribution in [0.2, 0.25) is 0 Å². The summed E-state index contributed by atoms with van der Waals surface area (Å²) in [5.74, 6) is 0.246. The average molecular weight is 377 g/mol. The van der Waals surface area contributed by atoms with Gasteiger partial charge in [0.15, 0.2) is 0 Å². The Morgan fingerprint density at radius 1 is 1.18 bits per heavy atom. The summed E-state index contributed by atoms with van der Waals surface area (Å²) in [6.45, 7) is 5.47. The number of esters is 1. The van der Waals surface area contributed by atoms with Gasteiger partial charge >= 0.3 is 5.97 Å². The number of fused-ring (bicyclic) bond motifs is 2. The quantitative estimate of drug-likeness (QED) is 0.393. The molecular formula is C22H19NO5. The first kappa shape index (κ1) is 17.9. The van der Waals surface area contributed by atoms with Crippen molar-refractivity contribution in [1.82, 2.24) is 4.57 Å². The molecule has 0 saturated carbocycles. The van der Waals surface area contributed by atoms with Crippen LogP contribution in [0.5, 0.6) is 17.2 Å². The zero-order valence-corrected chi connectivity index (χ0v) is 15.8. The second-order valence-corrected chi connectivity index (χ2v) is 6.58. The molecule has 6 nitrogen and oxygen atoms in total. The first-order valence-electron chi connectivity index (χ1n) is 8.74. The van der Waals surface area contributed by atoms with Gasteiger partial charge in [0, 0.05) is 41.8 Å². The summed E-state index contributed by atoms with van der Waals surface area (Å²) in [7, 11) is 3.08. The highest BCUT2D eigenvalue weighted by Crippen LogP contribution is 2.49. The van der Waals surface area contributed by atoms with E-state index in [4.69, 9.17) is 14.2 Å². The second kappa shape index (κ2) is 6.56. The molecule has 0 N–H and O–H groups in total. The van der Waals surface area contributed by atoms with Gasteiger partial charge in [-0.2, -0.15) is 0 Å². The standard InChI is InChI=1S/C22H19NO5/c1-12-20(16-11-23(13(2)24)17-8-6-5-7-15(16)17)21-18(27-4)9-14(26-3)10-19(21)28-22(12)25/h5-11,20H,1H2,2-4H3. The number of hydrogen-bond donors (Lipinski definition) is 0. The van der Waals surface area contributed by atoms with Crippen molar-refractivity contribution in [2.75, 3.05) is 14.2 Å². The summed E-state index contributed by atoms with van der Waals surface area (Å²) in [6, 6.07) is 11.0. The molecule has 0 radical (unpaired) electrons. The van der Waals surface area contributed by atoms with Gasteiger partial charge in [0.2, 0.25) is 5.91 Å². The molecule has 0 amide bonds. The zero-order chi connectivity index (χ0) is 20.0. The molecule has 1 aromatic heterocycles. The number of nitrogens with zero attached hydrogens (tertiary/aromatic N) is 1. The van der Waals surface area contributed by atoms with E-state index in [9.17, 15) is 9.59 Å². The minimum Gasteiger partial charge on any atom is -0.496 e. The topological polar surface area (TPSA) is 66.8 Å². The maximum Gasteiger partial charge on any atom is 0.339 e. The lowest BCUT2D eigenvalue weighted by Crippen LogP contribution is -2.24. The SMILES string of the molecule is C=C1C(=O)Oc2cc(OC)cc(OC)c2C1c1cn(C(C)=O)c2ccccc12. The summed E-state index contributed by atoms with van der Waals surface area (Å²) in [4.78, 5) is 24.7. The van der Waals surface area contributed by atoms with Gasteiger partial charge < -0.3 is 14.2 Å². The van der Waals surface area contributed by atoms with E-state index >= 15 is 0 Å². The largest absolute Gasteiger partial charge is 0.496 e. The van der Waals surface area contributed by atoms with E-state index in [2.05, 4.69) is 6.58 Å². The van der Waals surface area contributed by atoms with Crippen LogP contribution in [0.1, 0.15) is 28.8 Å². The number of ether oxygens (including phenoxy) is 3. The van der Waals surface area contributed by atoms with Crippen molar-refractivity contribution in [3.05, 3.63) is 65.9 Å². The van der Waals surface area contributed by atoms with E-state index in [0.29, 0.717) is 22.8 Å². The zero-order valence-electron chi connectivity index (χ0n) is 15.8. The molecule has 2 aromatic carbocycles. The maximum atomic E-state index is 12.5. The van der Waals surface area contributed by atoms with E-state index < -0.39 is 11.9 Å². The second-order valence-electron chi connectivity index (χ2n) is 6.58. The van der Waals surface area contributed by atoms with E-state index in [1.165, 1.54) is 14.0 Å². The fourth-order valence-electron chi connectivity index (χ4n) is 3.73. The van der Waals surface area contributed by atoms with E-state index in [1.54, 1.807) is 30.0 Å². The lowest BCUT2D eigenvalue weighted by atomic mass is 9.82. The van der Waals surface area contributed by atoms with Crippen LogP contribution in [0, 0.1) is 0 Å². The van der Waals surface area contributed by atoms with Gasteiger partial charge in [0.1, 0.15) is 17.2 Å². The first-order valence-corrected chi connectivity index (χ1v) is 8.74. The van der Waals surface area contributed by atoms with Gasteiger partial charge in [-0.1, -0.05) is 24.8 Å². The van der Waals surface area contributed by atoms with Crippen molar-refractivity contribution >= 4 is 22.8 Å². The Kier molecular flexibility index (Phi) is 4.19. The summed E-state index contributed by atoms with van der Waals surface area (Å²) in [6.07, 6.45) is 1.76. The smallest absolute Gasteiger partial charge is 0.339 e. The highest BCUT2D eigenvalue weighted by molar-refractivity contribution is 5.99. The molecule has 0 bridgehead atoms. The van der Waals surface area contributed by atoms with Crippen molar-refractivity contribution in [2.45, 2.75) is 12.8 Å². The van der Waals surface area contributed by atoms with Crippen molar-refractivity contribution in [3.8, 4) is 17.2 Å². The number of methoxy groups -OCH3 is 2. The fraction of sp³-hybridized carbons (Fsp3) is 0.182. The van der Waals surface area contributed by atoms with Crippen LogP contribution >= 0.6 is 0 Å². The molecule has 0 aliphatic carbocycles. The third-order valence-corrected chi connectivity index (χ3v) is 5.03. The van der Waals surface area contributed by atoms with Gasteiger partial charge in [-0.05, 0) is 11.6 Å². The Bertz CT molecular complexity index is 1140. The van der Waals surface area contributed by atoms with Crippen molar-refractivity contribution < 1.29 is 23.8 Å². The molecule has 1 aliphatic rings. The molecule has 28 heavy (non-hydrogen) atoms. The van der Waals surface area contributed by atoms with Crippen LogP contribution in [0.3, 0.4) is 0 Å². The minimum atomic E-state index is -0.521. The minimum absolute atomic E-state index is 0.117. The average Bonchev–Trinajstić information content (AvgIpc) is 3.08. The molecule has 1 atom stereocenters. The highest BCUT2D eigenvalue weighted by Gasteiger charge is 2.37. The predicted molar refractivity (Wildman–Crippen MR) is 104 cm³/mol. The molecule has 1 aliphatic heterocycles. The number of carbonyl (C=O) groups is 2. The fourth-order valence-corrected chi connectivity index (χ4v) is 3.73. The third-order valence-electron chi connectivity index (χ3n) is 5.03. The molecule has 3 aromatic rings. The lowest BCUT2D eigenvalue weighted by molar-refractivity contribution is -0.131. The van der Waals surface area contributed by atoms with Gasteiger partial charge in [-0.25, -0.2) is 4.79 Å². The summed E-state index contributed by atoms with van der Waals surface area (Å²) in [5.41, 5.74) is 2.52. The van der Waals surface area contributed by atoms with E-state index in [1.807, 2.05) is 24.3 Å². The molecular weight excluding hydrogens is 358 g/mol. The molecule has 4 rings (SSSR count). The van der Waals surface area contributed by atoms with Gasteiger partial charge in [0.05, 0.1) is 25.7 Å². The monoisotopic (exact) mass is 377 g/mol. The predicted octanol–water partition coefficient (Wildman–Crippen LogP) is 3.93. The summed E-state index contributed by atoms with van der Waals surface area (Å²) < 4.78 is 17.9. The highest BCUT2D eigenvalue weighted by atomic mass is 16.5. The molecule has 0 fully saturated rings. The first-order chi connectivity index (χ1) is 13.5. The number of aromatic nitrogens is 1. The van der Waals surface area contributed by atoms with Crippen LogP contribution in [0.25, 0.3) is 10.9 Å². The molecule has 0 saturated heterocycles. The lowest BCUT2D eigenvalue weighted by Gasteiger charge is -2.28. The van der Waals surface area contributed by atoms with Crippen molar-refractivity contribution in [2.24, 2.45) is 0 Å². The number of hydrogen-bond acceptors (Lipinski definition) is 5. The van der Waals surface area contributed by atoms with E-state index in [0.717, 1.165) is 16.5 Å². The Morgan fingerprint density at radius 2 is 1.93 bits per heavy atom. The maximum absolute atomic E-state index is 12.5. The molecule has 1 unspecified atom stereocenters. The van der Waals surface area contributed by atoms with E-state index in [-0.39, 0.29) is 11.5 Å². The van der Waals surface area contributed by atoms with Crippen molar-refractivity contribution in [3.63, 3.8) is 0 Å². The summed E-state index contributed by atoms with van der Waals surface area (Å²) >= 11 is 0. The normalized spacial score (nSPS) is 15.9. The Balaban J connectivity index is 2.04.